The number of anilines is 1. The SMILES string of the molecule is O=C(Nc1cccc(Cl)c1)c1nnc(C(=O)N2CCC(C(=O)N3CCCCCC3)CC2)s1. The number of likely N-dealkylation sites (tertiary alicyclic amines) is 2. The highest BCUT2D eigenvalue weighted by atomic mass is 35.5. The van der Waals surface area contributed by atoms with Gasteiger partial charge in [-0.05, 0) is 43.9 Å². The number of hydrogen-bond donors (Lipinski definition) is 1. The van der Waals surface area contributed by atoms with Gasteiger partial charge in [-0.2, -0.15) is 0 Å². The maximum Gasteiger partial charge on any atom is 0.286 e. The van der Waals surface area contributed by atoms with Crippen molar-refractivity contribution in [1.82, 2.24) is 20.0 Å². The Morgan fingerprint density at radius 1 is 0.938 bits per heavy atom. The lowest BCUT2D eigenvalue weighted by atomic mass is 9.95. The number of halogens is 1. The molecule has 3 heterocycles. The third-order valence-corrected chi connectivity index (χ3v) is 7.08. The summed E-state index contributed by atoms with van der Waals surface area (Å²) in [5.74, 6) is -0.476. The molecule has 2 aliphatic heterocycles. The van der Waals surface area contributed by atoms with Gasteiger partial charge in [-0.1, -0.05) is 41.8 Å². The Hall–Kier alpha value is -2.52. The molecule has 2 aliphatic rings. The van der Waals surface area contributed by atoms with Gasteiger partial charge < -0.3 is 15.1 Å². The van der Waals surface area contributed by atoms with Crippen molar-refractivity contribution in [2.45, 2.75) is 38.5 Å². The first kappa shape index (κ1) is 22.7. The van der Waals surface area contributed by atoms with Crippen LogP contribution in [0.25, 0.3) is 0 Å². The van der Waals surface area contributed by atoms with Crippen LogP contribution in [0.15, 0.2) is 24.3 Å². The molecule has 1 aromatic carbocycles. The number of carbonyl (C=O) groups excluding carboxylic acids is 3. The molecular formula is C22H26ClN5O3S. The summed E-state index contributed by atoms with van der Waals surface area (Å²) in [5, 5.41) is 11.3. The molecule has 2 fully saturated rings. The van der Waals surface area contributed by atoms with Crippen LogP contribution in [0.4, 0.5) is 5.69 Å². The summed E-state index contributed by atoms with van der Waals surface area (Å²) in [6, 6.07) is 6.79. The summed E-state index contributed by atoms with van der Waals surface area (Å²) in [4.78, 5) is 41.8. The summed E-state index contributed by atoms with van der Waals surface area (Å²) in [5.41, 5.74) is 0.543. The van der Waals surface area contributed by atoms with Crippen LogP contribution in [-0.4, -0.2) is 63.9 Å². The summed E-state index contributed by atoms with van der Waals surface area (Å²) in [7, 11) is 0. The van der Waals surface area contributed by atoms with Crippen LogP contribution < -0.4 is 5.32 Å². The Morgan fingerprint density at radius 3 is 2.31 bits per heavy atom. The molecule has 0 spiro atoms. The van der Waals surface area contributed by atoms with Gasteiger partial charge in [-0.3, -0.25) is 14.4 Å². The van der Waals surface area contributed by atoms with E-state index in [1.165, 1.54) is 12.8 Å². The van der Waals surface area contributed by atoms with Crippen molar-refractivity contribution in [2.75, 3.05) is 31.5 Å². The summed E-state index contributed by atoms with van der Waals surface area (Å²) >= 11 is 6.90. The second kappa shape index (κ2) is 10.4. The van der Waals surface area contributed by atoms with E-state index in [1.54, 1.807) is 29.2 Å². The van der Waals surface area contributed by atoms with E-state index < -0.39 is 5.91 Å². The highest BCUT2D eigenvalue weighted by Gasteiger charge is 2.32. The van der Waals surface area contributed by atoms with Crippen molar-refractivity contribution in [1.29, 1.82) is 0 Å². The van der Waals surface area contributed by atoms with Crippen molar-refractivity contribution in [3.8, 4) is 0 Å². The maximum atomic E-state index is 12.9. The van der Waals surface area contributed by atoms with E-state index in [0.717, 1.165) is 37.3 Å². The topological polar surface area (TPSA) is 95.5 Å². The van der Waals surface area contributed by atoms with Crippen molar-refractivity contribution < 1.29 is 14.4 Å². The van der Waals surface area contributed by atoms with Gasteiger partial charge >= 0.3 is 0 Å². The molecule has 0 atom stereocenters. The molecule has 1 aromatic heterocycles. The van der Waals surface area contributed by atoms with Gasteiger partial charge in [0.15, 0.2) is 0 Å². The molecule has 0 aliphatic carbocycles. The number of rotatable bonds is 4. The van der Waals surface area contributed by atoms with E-state index in [4.69, 9.17) is 11.6 Å². The third-order valence-electron chi connectivity index (χ3n) is 5.93. The van der Waals surface area contributed by atoms with E-state index in [1.807, 2.05) is 4.90 Å². The first-order chi connectivity index (χ1) is 15.5. The summed E-state index contributed by atoms with van der Waals surface area (Å²) < 4.78 is 0. The highest BCUT2D eigenvalue weighted by molar-refractivity contribution is 7.15. The predicted octanol–water partition coefficient (Wildman–Crippen LogP) is 3.70. The number of nitrogens with one attached hydrogen (secondary N) is 1. The zero-order valence-corrected chi connectivity index (χ0v) is 19.3. The van der Waals surface area contributed by atoms with Crippen molar-refractivity contribution in [3.05, 3.63) is 39.3 Å². The monoisotopic (exact) mass is 475 g/mol. The Balaban J connectivity index is 1.31. The minimum absolute atomic E-state index is 0.0226. The standard InChI is InChI=1S/C22H26ClN5O3S/c23-16-6-5-7-17(14-16)24-18(29)19-25-26-20(32-19)22(31)28-12-8-15(9-13-28)21(30)27-10-3-1-2-4-11-27/h5-7,14-15H,1-4,8-13H2,(H,24,29). The molecule has 3 amide bonds. The normalized spacial score (nSPS) is 17.7. The van der Waals surface area contributed by atoms with Gasteiger partial charge in [0.05, 0.1) is 0 Å². The molecule has 32 heavy (non-hydrogen) atoms. The minimum Gasteiger partial charge on any atom is -0.342 e. The smallest absolute Gasteiger partial charge is 0.286 e. The molecule has 10 heteroatoms. The summed E-state index contributed by atoms with van der Waals surface area (Å²) in [6.45, 7) is 2.71. The van der Waals surface area contributed by atoms with Gasteiger partial charge in [0.25, 0.3) is 11.8 Å². The number of nitrogens with zero attached hydrogens (tertiary/aromatic N) is 4. The minimum atomic E-state index is -0.439. The molecule has 1 N–H and O–H groups in total. The van der Waals surface area contributed by atoms with Gasteiger partial charge in [0.1, 0.15) is 0 Å². The second-order valence-electron chi connectivity index (χ2n) is 8.18. The lowest BCUT2D eigenvalue weighted by Gasteiger charge is -2.33. The number of hydrogen-bond acceptors (Lipinski definition) is 6. The van der Waals surface area contributed by atoms with E-state index in [9.17, 15) is 14.4 Å². The molecular weight excluding hydrogens is 450 g/mol. The van der Waals surface area contributed by atoms with Crippen LogP contribution in [0.1, 0.15) is 58.1 Å². The molecule has 8 nitrogen and oxygen atoms in total. The van der Waals surface area contributed by atoms with Crippen molar-refractivity contribution >= 4 is 46.3 Å². The van der Waals surface area contributed by atoms with Gasteiger partial charge in [0.2, 0.25) is 15.9 Å². The fourth-order valence-electron chi connectivity index (χ4n) is 4.17. The van der Waals surface area contributed by atoms with Crippen LogP contribution in [0.5, 0.6) is 0 Å². The zero-order valence-electron chi connectivity index (χ0n) is 17.8. The number of carbonyl (C=O) groups is 3. The lowest BCUT2D eigenvalue weighted by Crippen LogP contribution is -2.44. The zero-order chi connectivity index (χ0) is 22.5. The van der Waals surface area contributed by atoms with E-state index in [2.05, 4.69) is 15.5 Å². The number of piperidine rings is 1. The van der Waals surface area contributed by atoms with Crippen molar-refractivity contribution in [2.24, 2.45) is 5.92 Å². The fraction of sp³-hybridized carbons (Fsp3) is 0.500. The van der Waals surface area contributed by atoms with Crippen molar-refractivity contribution in [3.63, 3.8) is 0 Å². The van der Waals surface area contributed by atoms with Crippen LogP contribution in [0.2, 0.25) is 5.02 Å². The number of amides is 3. The van der Waals surface area contributed by atoms with Crippen LogP contribution in [0.3, 0.4) is 0 Å². The van der Waals surface area contributed by atoms with E-state index in [-0.39, 0.29) is 27.7 Å². The lowest BCUT2D eigenvalue weighted by molar-refractivity contribution is -0.136. The second-order valence-corrected chi connectivity index (χ2v) is 9.60. The third kappa shape index (κ3) is 5.45. The molecule has 0 bridgehead atoms. The Morgan fingerprint density at radius 2 is 1.62 bits per heavy atom. The van der Waals surface area contributed by atoms with E-state index >= 15 is 0 Å². The molecule has 0 radical (unpaired) electrons. The van der Waals surface area contributed by atoms with Crippen LogP contribution in [-0.2, 0) is 4.79 Å². The van der Waals surface area contributed by atoms with Gasteiger partial charge in [-0.15, -0.1) is 10.2 Å². The Labute approximate surface area is 195 Å². The average molecular weight is 476 g/mol. The van der Waals surface area contributed by atoms with E-state index in [0.29, 0.717) is 36.6 Å². The first-order valence-electron chi connectivity index (χ1n) is 11.0. The van der Waals surface area contributed by atoms with Gasteiger partial charge in [0, 0.05) is 42.8 Å². The highest BCUT2D eigenvalue weighted by Crippen LogP contribution is 2.24. The molecule has 2 saturated heterocycles. The number of benzene rings is 1. The molecule has 170 valence electrons. The van der Waals surface area contributed by atoms with Crippen LogP contribution >= 0.6 is 22.9 Å². The quantitative estimate of drug-likeness (QED) is 0.727. The predicted molar refractivity (Wildman–Crippen MR) is 123 cm³/mol. The first-order valence-corrected chi connectivity index (χ1v) is 12.2. The Bertz CT molecular complexity index is 981. The molecule has 4 rings (SSSR count). The molecule has 0 unspecified atom stereocenters. The molecule has 2 aromatic rings. The molecule has 0 saturated carbocycles. The fourth-order valence-corrected chi connectivity index (χ4v) is 5.06. The average Bonchev–Trinajstić information content (AvgIpc) is 3.14. The van der Waals surface area contributed by atoms with Gasteiger partial charge in [-0.25, -0.2) is 0 Å². The Kier molecular flexibility index (Phi) is 7.36. The summed E-state index contributed by atoms with van der Waals surface area (Å²) in [6.07, 6.45) is 5.85. The number of aromatic nitrogens is 2. The maximum absolute atomic E-state index is 12.9. The largest absolute Gasteiger partial charge is 0.342 e. The van der Waals surface area contributed by atoms with Crippen LogP contribution in [0, 0.1) is 5.92 Å².